The summed E-state index contributed by atoms with van der Waals surface area (Å²) < 4.78 is 1.34. The summed E-state index contributed by atoms with van der Waals surface area (Å²) in [4.78, 5) is 2.62. The van der Waals surface area contributed by atoms with Crippen LogP contribution >= 0.6 is 0 Å². The number of rotatable bonds is 5. The highest BCUT2D eigenvalue weighted by Gasteiger charge is 2.24. The highest BCUT2D eigenvalue weighted by Crippen LogP contribution is 2.29. The van der Waals surface area contributed by atoms with E-state index in [4.69, 9.17) is 0 Å². The lowest BCUT2D eigenvalue weighted by Gasteiger charge is -2.37. The predicted molar refractivity (Wildman–Crippen MR) is 99.3 cm³/mol. The summed E-state index contributed by atoms with van der Waals surface area (Å²) in [5.74, 6) is 0. The maximum atomic E-state index is 2.62. The molecule has 0 aromatic rings. The third-order valence-electron chi connectivity index (χ3n) is 5.70. The fourth-order valence-corrected chi connectivity index (χ4v) is 3.80. The van der Waals surface area contributed by atoms with Crippen LogP contribution in [0.3, 0.4) is 0 Å². The number of unbranched alkanes of at least 4 members (excludes halogenated alkanes) is 1. The lowest BCUT2D eigenvalue weighted by Crippen LogP contribution is -2.48. The summed E-state index contributed by atoms with van der Waals surface area (Å²) in [6, 6.07) is 0. The van der Waals surface area contributed by atoms with Crippen LogP contribution in [0.4, 0.5) is 0 Å². The molecule has 0 aliphatic carbocycles. The van der Waals surface area contributed by atoms with Gasteiger partial charge in [-0.15, -0.1) is 0 Å². The molecule has 0 unspecified atom stereocenters. The Hall–Kier alpha value is -0.0800. The smallest absolute Gasteiger partial charge is 0.0784 e. The molecule has 0 amide bonds. The molecule has 0 N–H and O–H groups in total. The maximum Gasteiger partial charge on any atom is 0.0784 e. The van der Waals surface area contributed by atoms with Gasteiger partial charge in [0.2, 0.25) is 0 Å². The molecular weight excluding hydrogens is 268 g/mol. The Morgan fingerprint density at radius 2 is 1.50 bits per heavy atom. The zero-order valence-electron chi connectivity index (χ0n) is 16.3. The molecule has 2 heteroatoms. The number of hydrogen-bond donors (Lipinski definition) is 0. The van der Waals surface area contributed by atoms with Crippen LogP contribution in [0.25, 0.3) is 0 Å². The molecule has 0 aromatic carbocycles. The topological polar surface area (TPSA) is 3.24 Å². The molecule has 2 heterocycles. The van der Waals surface area contributed by atoms with E-state index in [1.807, 2.05) is 0 Å². The fraction of sp³-hybridized carbons (Fsp3) is 1.00. The average Bonchev–Trinajstić information content (AvgIpc) is 2.47. The molecule has 0 aromatic heterocycles. The second kappa shape index (κ2) is 9.93. The van der Waals surface area contributed by atoms with Gasteiger partial charge in [0, 0.05) is 0 Å². The Bertz CT molecular complexity index is 264. The number of quaternary nitrogens is 1. The highest BCUT2D eigenvalue weighted by atomic mass is 15.3. The van der Waals surface area contributed by atoms with E-state index in [1.54, 1.807) is 0 Å². The molecule has 2 fully saturated rings. The van der Waals surface area contributed by atoms with Crippen molar-refractivity contribution >= 4 is 0 Å². The predicted octanol–water partition coefficient (Wildman–Crippen LogP) is 4.94. The van der Waals surface area contributed by atoms with Crippen molar-refractivity contribution in [3.63, 3.8) is 0 Å². The van der Waals surface area contributed by atoms with E-state index in [1.165, 1.54) is 95.1 Å². The second-order valence-electron chi connectivity index (χ2n) is 8.71. The first-order valence-corrected chi connectivity index (χ1v) is 9.97. The van der Waals surface area contributed by atoms with Gasteiger partial charge in [0.05, 0.1) is 26.7 Å². The van der Waals surface area contributed by atoms with Gasteiger partial charge in [-0.2, -0.15) is 0 Å². The van der Waals surface area contributed by atoms with Gasteiger partial charge in [0.25, 0.3) is 0 Å². The standard InChI is InChI=1S/C11H23N.C9H20N/c1-4-5-8-12-9-6-11(2,3)7-10-12;1-3-7-10(2)8-5-4-6-9-10/h4-10H2,1-3H3;3-9H2,1-2H3/q;+1. The molecule has 2 nitrogen and oxygen atoms in total. The molecule has 2 rings (SSSR count). The molecule has 2 saturated heterocycles. The van der Waals surface area contributed by atoms with Gasteiger partial charge in [-0.25, -0.2) is 0 Å². The van der Waals surface area contributed by atoms with Gasteiger partial charge in [-0.1, -0.05) is 34.1 Å². The first kappa shape index (κ1) is 20.0. The molecule has 132 valence electrons. The van der Waals surface area contributed by atoms with Crippen molar-refractivity contribution in [2.75, 3.05) is 46.3 Å². The summed E-state index contributed by atoms with van der Waals surface area (Å²) in [6.45, 7) is 17.6. The van der Waals surface area contributed by atoms with Crippen LogP contribution < -0.4 is 0 Å². The molecule has 22 heavy (non-hydrogen) atoms. The van der Waals surface area contributed by atoms with E-state index in [-0.39, 0.29) is 0 Å². The van der Waals surface area contributed by atoms with Gasteiger partial charge < -0.3 is 9.38 Å². The molecule has 0 spiro atoms. The normalized spacial score (nSPS) is 24.4. The van der Waals surface area contributed by atoms with Crippen molar-refractivity contribution in [1.29, 1.82) is 0 Å². The van der Waals surface area contributed by atoms with Gasteiger partial charge in [0.1, 0.15) is 0 Å². The van der Waals surface area contributed by atoms with E-state index in [0.717, 1.165) is 0 Å². The van der Waals surface area contributed by atoms with E-state index in [2.05, 4.69) is 39.6 Å². The SMILES string of the molecule is CCCCN1CCC(C)(C)CC1.CCC[N+]1(C)CCCCC1. The van der Waals surface area contributed by atoms with Gasteiger partial charge in [-0.05, 0) is 70.0 Å². The van der Waals surface area contributed by atoms with Crippen molar-refractivity contribution in [3.05, 3.63) is 0 Å². The van der Waals surface area contributed by atoms with E-state index >= 15 is 0 Å². The van der Waals surface area contributed by atoms with Crippen LogP contribution in [0.5, 0.6) is 0 Å². The molecule has 0 saturated carbocycles. The quantitative estimate of drug-likeness (QED) is 0.650. The van der Waals surface area contributed by atoms with E-state index in [0.29, 0.717) is 5.41 Å². The molecule has 2 aliphatic heterocycles. The zero-order valence-corrected chi connectivity index (χ0v) is 16.3. The minimum atomic E-state index is 0.614. The largest absolute Gasteiger partial charge is 0.326 e. The Kier molecular flexibility index (Phi) is 9.01. The third-order valence-corrected chi connectivity index (χ3v) is 5.70. The second-order valence-corrected chi connectivity index (χ2v) is 8.71. The summed E-state index contributed by atoms with van der Waals surface area (Å²) in [7, 11) is 2.41. The van der Waals surface area contributed by atoms with E-state index in [9.17, 15) is 0 Å². The monoisotopic (exact) mass is 311 g/mol. The lowest BCUT2D eigenvalue weighted by atomic mass is 9.83. The van der Waals surface area contributed by atoms with Crippen LogP contribution in [0.15, 0.2) is 0 Å². The molecule has 0 atom stereocenters. The third kappa shape index (κ3) is 7.97. The average molecular weight is 312 g/mol. The van der Waals surface area contributed by atoms with Crippen LogP contribution in [0.1, 0.15) is 79.1 Å². The van der Waals surface area contributed by atoms with Crippen LogP contribution in [-0.2, 0) is 0 Å². The van der Waals surface area contributed by atoms with Crippen LogP contribution in [-0.4, -0.2) is 55.7 Å². The Morgan fingerprint density at radius 3 is 2.00 bits per heavy atom. The first-order chi connectivity index (χ1) is 10.4. The minimum absolute atomic E-state index is 0.614. The fourth-order valence-electron chi connectivity index (χ4n) is 3.80. The number of nitrogens with zero attached hydrogens (tertiary/aromatic N) is 2. The molecule has 0 bridgehead atoms. The van der Waals surface area contributed by atoms with Crippen molar-refractivity contribution in [2.24, 2.45) is 5.41 Å². The van der Waals surface area contributed by atoms with Crippen molar-refractivity contribution in [1.82, 2.24) is 4.90 Å². The lowest BCUT2D eigenvalue weighted by molar-refractivity contribution is -0.914. The van der Waals surface area contributed by atoms with Gasteiger partial charge >= 0.3 is 0 Å². The van der Waals surface area contributed by atoms with Crippen molar-refractivity contribution < 1.29 is 4.48 Å². The maximum absolute atomic E-state index is 2.62. The number of likely N-dealkylation sites (tertiary alicyclic amines) is 2. The Morgan fingerprint density at radius 1 is 0.909 bits per heavy atom. The van der Waals surface area contributed by atoms with Crippen LogP contribution in [0.2, 0.25) is 0 Å². The van der Waals surface area contributed by atoms with Crippen LogP contribution in [0, 0.1) is 5.41 Å². The molecule has 2 aliphatic rings. The molecular formula is C20H43N2+. The zero-order chi connectivity index (χ0) is 16.5. The summed E-state index contributed by atoms with van der Waals surface area (Å²) in [6.07, 6.45) is 11.2. The summed E-state index contributed by atoms with van der Waals surface area (Å²) in [5.41, 5.74) is 0.614. The summed E-state index contributed by atoms with van der Waals surface area (Å²) >= 11 is 0. The minimum Gasteiger partial charge on any atom is -0.326 e. The summed E-state index contributed by atoms with van der Waals surface area (Å²) in [5, 5.41) is 0. The van der Waals surface area contributed by atoms with Crippen molar-refractivity contribution in [2.45, 2.75) is 79.1 Å². The van der Waals surface area contributed by atoms with Crippen molar-refractivity contribution in [3.8, 4) is 0 Å². The Labute approximate surface area is 140 Å². The molecule has 0 radical (unpaired) electrons. The van der Waals surface area contributed by atoms with Gasteiger partial charge in [0.15, 0.2) is 0 Å². The highest BCUT2D eigenvalue weighted by molar-refractivity contribution is 4.78. The number of piperidine rings is 2. The van der Waals surface area contributed by atoms with Gasteiger partial charge in [-0.3, -0.25) is 0 Å². The number of hydrogen-bond acceptors (Lipinski definition) is 1. The first-order valence-electron chi connectivity index (χ1n) is 9.97. The Balaban J connectivity index is 0.000000224. The van der Waals surface area contributed by atoms with E-state index < -0.39 is 0 Å².